The summed E-state index contributed by atoms with van der Waals surface area (Å²) in [4.78, 5) is 26.1. The highest BCUT2D eigenvalue weighted by molar-refractivity contribution is 5.98. The number of carbonyl (C=O) groups is 2. The van der Waals surface area contributed by atoms with Crippen molar-refractivity contribution in [1.82, 2.24) is 14.7 Å². The van der Waals surface area contributed by atoms with Crippen LogP contribution in [0.5, 0.6) is 0 Å². The van der Waals surface area contributed by atoms with Crippen LogP contribution in [-0.2, 0) is 24.2 Å². The molecular formula is C22H26FN5O2. The number of amides is 2. The summed E-state index contributed by atoms with van der Waals surface area (Å²) in [7, 11) is 0. The van der Waals surface area contributed by atoms with Crippen LogP contribution in [0.2, 0.25) is 0 Å². The van der Waals surface area contributed by atoms with Crippen LogP contribution in [-0.4, -0.2) is 39.1 Å². The molecule has 2 aliphatic rings. The van der Waals surface area contributed by atoms with E-state index in [1.165, 1.54) is 12.1 Å². The Balaban J connectivity index is 1.63. The SMILES string of the molecule is C=CC(=O)N1CCC[C@H]1Cn1nc([C@H]2CCc3cc(F)ccc3C2)c(C(N)=O)c1N. The fourth-order valence-corrected chi connectivity index (χ4v) is 4.76. The van der Waals surface area contributed by atoms with Crippen LogP contribution in [0.1, 0.15) is 52.4 Å². The van der Waals surface area contributed by atoms with Gasteiger partial charge in [-0.1, -0.05) is 12.6 Å². The summed E-state index contributed by atoms with van der Waals surface area (Å²) in [6, 6.07) is 4.76. The van der Waals surface area contributed by atoms with Gasteiger partial charge >= 0.3 is 0 Å². The van der Waals surface area contributed by atoms with Crippen molar-refractivity contribution in [2.24, 2.45) is 5.73 Å². The molecule has 158 valence electrons. The van der Waals surface area contributed by atoms with Gasteiger partial charge in [-0.2, -0.15) is 5.10 Å². The van der Waals surface area contributed by atoms with E-state index in [2.05, 4.69) is 11.7 Å². The second-order valence-electron chi connectivity index (χ2n) is 8.08. The van der Waals surface area contributed by atoms with Crippen LogP contribution < -0.4 is 11.5 Å². The van der Waals surface area contributed by atoms with E-state index < -0.39 is 5.91 Å². The zero-order chi connectivity index (χ0) is 21.4. The number of hydrogen-bond acceptors (Lipinski definition) is 4. The van der Waals surface area contributed by atoms with Crippen LogP contribution >= 0.6 is 0 Å². The number of benzene rings is 1. The lowest BCUT2D eigenvalue weighted by Crippen LogP contribution is -2.37. The Labute approximate surface area is 174 Å². The Kier molecular flexibility index (Phi) is 5.32. The summed E-state index contributed by atoms with van der Waals surface area (Å²) < 4.78 is 15.1. The van der Waals surface area contributed by atoms with E-state index >= 15 is 0 Å². The molecule has 8 heteroatoms. The Morgan fingerprint density at radius 2 is 2.10 bits per heavy atom. The molecule has 0 unspecified atom stereocenters. The van der Waals surface area contributed by atoms with Crippen molar-refractivity contribution in [3.05, 3.63) is 59.1 Å². The molecule has 0 spiro atoms. The first-order valence-electron chi connectivity index (χ1n) is 10.2. The van der Waals surface area contributed by atoms with Crippen LogP contribution in [0.4, 0.5) is 10.2 Å². The molecule has 1 aromatic carbocycles. The molecule has 4 N–H and O–H groups in total. The number of aryl methyl sites for hydroxylation is 1. The quantitative estimate of drug-likeness (QED) is 0.735. The number of nitrogens with two attached hydrogens (primary N) is 2. The molecular weight excluding hydrogens is 385 g/mol. The normalized spacial score (nSPS) is 20.8. The number of primary amides is 1. The number of rotatable bonds is 5. The third-order valence-electron chi connectivity index (χ3n) is 6.27. The van der Waals surface area contributed by atoms with Crippen molar-refractivity contribution >= 4 is 17.6 Å². The number of carbonyl (C=O) groups excluding carboxylic acids is 2. The predicted molar refractivity (Wildman–Crippen MR) is 111 cm³/mol. The second-order valence-corrected chi connectivity index (χ2v) is 8.08. The van der Waals surface area contributed by atoms with E-state index in [4.69, 9.17) is 11.5 Å². The van der Waals surface area contributed by atoms with Crippen LogP contribution in [0.3, 0.4) is 0 Å². The van der Waals surface area contributed by atoms with Crippen LogP contribution in [0.25, 0.3) is 0 Å². The monoisotopic (exact) mass is 411 g/mol. The first-order chi connectivity index (χ1) is 14.4. The Bertz CT molecular complexity index is 1020. The highest BCUT2D eigenvalue weighted by Crippen LogP contribution is 2.36. The van der Waals surface area contributed by atoms with Crippen LogP contribution in [0.15, 0.2) is 30.9 Å². The molecule has 1 aliphatic heterocycles. The first kappa shape index (κ1) is 20.1. The minimum Gasteiger partial charge on any atom is -0.383 e. The van der Waals surface area contributed by atoms with Crippen molar-refractivity contribution < 1.29 is 14.0 Å². The van der Waals surface area contributed by atoms with Gasteiger partial charge in [0.15, 0.2) is 0 Å². The molecule has 7 nitrogen and oxygen atoms in total. The smallest absolute Gasteiger partial charge is 0.254 e. The lowest BCUT2D eigenvalue weighted by atomic mass is 9.81. The molecule has 2 aromatic rings. The van der Waals surface area contributed by atoms with E-state index in [0.29, 0.717) is 31.6 Å². The summed E-state index contributed by atoms with van der Waals surface area (Å²) in [6.45, 7) is 4.64. The third-order valence-corrected chi connectivity index (χ3v) is 6.27. The molecule has 2 atom stereocenters. The fourth-order valence-electron chi connectivity index (χ4n) is 4.76. The van der Waals surface area contributed by atoms with Crippen molar-refractivity contribution in [2.75, 3.05) is 12.3 Å². The summed E-state index contributed by atoms with van der Waals surface area (Å²) in [5.74, 6) is -0.753. The third kappa shape index (κ3) is 3.58. The van der Waals surface area contributed by atoms with Crippen molar-refractivity contribution in [2.45, 2.75) is 50.6 Å². The zero-order valence-electron chi connectivity index (χ0n) is 16.8. The van der Waals surface area contributed by atoms with E-state index in [-0.39, 0.29) is 35.1 Å². The maximum atomic E-state index is 13.5. The van der Waals surface area contributed by atoms with Gasteiger partial charge in [-0.15, -0.1) is 0 Å². The number of halogens is 1. The molecule has 1 fully saturated rings. The van der Waals surface area contributed by atoms with Gasteiger partial charge in [0.25, 0.3) is 5.91 Å². The van der Waals surface area contributed by atoms with E-state index in [1.54, 1.807) is 21.7 Å². The summed E-state index contributed by atoms with van der Waals surface area (Å²) in [5, 5.41) is 4.68. The first-order valence-corrected chi connectivity index (χ1v) is 10.2. The summed E-state index contributed by atoms with van der Waals surface area (Å²) in [5.41, 5.74) is 14.8. The molecule has 4 rings (SSSR count). The van der Waals surface area contributed by atoms with Crippen molar-refractivity contribution in [1.29, 1.82) is 0 Å². The fraction of sp³-hybridized carbons (Fsp3) is 0.409. The Morgan fingerprint density at radius 3 is 2.83 bits per heavy atom. The van der Waals surface area contributed by atoms with Crippen molar-refractivity contribution in [3.63, 3.8) is 0 Å². The number of fused-ring (bicyclic) bond motifs is 1. The lowest BCUT2D eigenvalue weighted by molar-refractivity contribution is -0.127. The van der Waals surface area contributed by atoms with Crippen molar-refractivity contribution in [3.8, 4) is 0 Å². The molecule has 1 aliphatic carbocycles. The minimum atomic E-state index is -0.607. The maximum absolute atomic E-state index is 13.5. The van der Waals surface area contributed by atoms with E-state index in [0.717, 1.165) is 30.4 Å². The number of hydrogen-bond donors (Lipinski definition) is 2. The highest BCUT2D eigenvalue weighted by Gasteiger charge is 2.32. The van der Waals surface area contributed by atoms with Gasteiger partial charge in [0.1, 0.15) is 17.2 Å². The Morgan fingerprint density at radius 1 is 1.30 bits per heavy atom. The van der Waals surface area contributed by atoms with Gasteiger partial charge in [0, 0.05) is 12.5 Å². The lowest BCUT2D eigenvalue weighted by Gasteiger charge is -2.24. The van der Waals surface area contributed by atoms with Gasteiger partial charge in [-0.25, -0.2) is 9.07 Å². The number of likely N-dealkylation sites (tertiary alicyclic amines) is 1. The summed E-state index contributed by atoms with van der Waals surface area (Å²) in [6.07, 6.45) is 5.13. The summed E-state index contributed by atoms with van der Waals surface area (Å²) >= 11 is 0. The molecule has 1 aromatic heterocycles. The van der Waals surface area contributed by atoms with Gasteiger partial charge in [0.2, 0.25) is 5.91 Å². The zero-order valence-corrected chi connectivity index (χ0v) is 16.8. The topological polar surface area (TPSA) is 107 Å². The number of nitrogens with zero attached hydrogens (tertiary/aromatic N) is 3. The molecule has 0 radical (unpaired) electrons. The van der Waals surface area contributed by atoms with Gasteiger partial charge in [-0.05, 0) is 61.4 Å². The Hall–Kier alpha value is -3.16. The largest absolute Gasteiger partial charge is 0.383 e. The van der Waals surface area contributed by atoms with E-state index in [9.17, 15) is 14.0 Å². The predicted octanol–water partition coefficient (Wildman–Crippen LogP) is 2.15. The van der Waals surface area contributed by atoms with E-state index in [1.807, 2.05) is 0 Å². The number of nitrogen functional groups attached to an aromatic ring is 1. The standard InChI is InChI=1S/C22H26FN5O2/c1-2-18(29)27-9-3-4-17(27)12-28-21(24)19(22(25)30)20(26-28)15-6-5-14-11-16(23)8-7-13(14)10-15/h2,7-8,11,15,17H,1,3-6,9-10,12,24H2,(H2,25,30)/t15-,17-/m0/s1. The highest BCUT2D eigenvalue weighted by atomic mass is 19.1. The second kappa shape index (κ2) is 7.93. The number of anilines is 1. The van der Waals surface area contributed by atoms with Gasteiger partial charge < -0.3 is 16.4 Å². The van der Waals surface area contributed by atoms with Gasteiger partial charge in [-0.3, -0.25) is 9.59 Å². The molecule has 0 bridgehead atoms. The average molecular weight is 411 g/mol. The van der Waals surface area contributed by atoms with Crippen LogP contribution in [0, 0.1) is 5.82 Å². The molecule has 2 heterocycles. The average Bonchev–Trinajstić information content (AvgIpc) is 3.32. The molecule has 30 heavy (non-hydrogen) atoms. The number of aromatic nitrogens is 2. The van der Waals surface area contributed by atoms with Gasteiger partial charge in [0.05, 0.1) is 18.3 Å². The molecule has 1 saturated heterocycles. The molecule has 2 amide bonds. The molecule has 0 saturated carbocycles. The minimum absolute atomic E-state index is 0.0245. The maximum Gasteiger partial charge on any atom is 0.254 e.